The molecular weight excluding hydrogens is 478 g/mol. The number of rotatable bonds is 9. The number of carbonyl (C=O) groups is 2. The number of amides is 1. The summed E-state index contributed by atoms with van der Waals surface area (Å²) in [5.74, 6) is -0.809. The van der Waals surface area contributed by atoms with Gasteiger partial charge in [-0.3, -0.25) is 4.79 Å². The number of nitrogens with zero attached hydrogens (tertiary/aromatic N) is 3. The Morgan fingerprint density at radius 3 is 2.61 bits per heavy atom. The van der Waals surface area contributed by atoms with Gasteiger partial charge in [0.2, 0.25) is 0 Å². The molecule has 0 bridgehead atoms. The second-order valence-corrected chi connectivity index (χ2v) is 8.94. The van der Waals surface area contributed by atoms with Crippen LogP contribution in [0.4, 0.5) is 17.2 Å². The number of carboxylic acids is 1. The van der Waals surface area contributed by atoms with Crippen LogP contribution in [0.25, 0.3) is 16.9 Å². The van der Waals surface area contributed by atoms with Crippen LogP contribution in [-0.2, 0) is 6.42 Å². The molecule has 2 heterocycles. The number of aromatic nitrogens is 3. The average Bonchev–Trinajstić information content (AvgIpc) is 3.42. The molecule has 3 aromatic carbocycles. The molecule has 1 amide bonds. The minimum absolute atomic E-state index is 0.132. The van der Waals surface area contributed by atoms with Crippen molar-refractivity contribution in [2.75, 3.05) is 10.6 Å². The molecule has 0 radical (unpaired) electrons. The first kappa shape index (κ1) is 24.7. The number of carboxylic acid groups (broad SMARTS) is 1. The van der Waals surface area contributed by atoms with E-state index >= 15 is 0 Å². The Kier molecular flexibility index (Phi) is 7.13. The predicted molar refractivity (Wildman–Crippen MR) is 148 cm³/mol. The van der Waals surface area contributed by atoms with Gasteiger partial charge < -0.3 is 20.1 Å². The quantitative estimate of drug-likeness (QED) is 0.213. The third kappa shape index (κ3) is 5.39. The summed E-state index contributed by atoms with van der Waals surface area (Å²) in [5, 5.41) is 15.7. The van der Waals surface area contributed by atoms with Crippen LogP contribution in [0.15, 0.2) is 91.4 Å². The molecule has 190 valence electrons. The van der Waals surface area contributed by atoms with Crippen molar-refractivity contribution in [2.24, 2.45) is 0 Å². The molecule has 2 aromatic heterocycles. The highest BCUT2D eigenvalue weighted by atomic mass is 16.4. The molecule has 38 heavy (non-hydrogen) atoms. The molecule has 8 heteroatoms. The number of benzene rings is 3. The van der Waals surface area contributed by atoms with Crippen molar-refractivity contribution in [1.82, 2.24) is 14.4 Å². The van der Waals surface area contributed by atoms with E-state index in [1.54, 1.807) is 30.6 Å². The number of hydrogen-bond acceptors (Lipinski definition) is 5. The summed E-state index contributed by atoms with van der Waals surface area (Å²) < 4.78 is 1.82. The minimum Gasteiger partial charge on any atom is -0.478 e. The number of unbranched alkanes of at least 4 members (excludes halogenated alkanes) is 1. The molecule has 0 aliphatic carbocycles. The van der Waals surface area contributed by atoms with Gasteiger partial charge in [0.15, 0.2) is 11.5 Å². The summed E-state index contributed by atoms with van der Waals surface area (Å²) >= 11 is 0. The number of anilines is 3. The Labute approximate surface area is 220 Å². The van der Waals surface area contributed by atoms with Gasteiger partial charge in [-0.05, 0) is 54.8 Å². The SMILES string of the molecule is CCCCc1ccc(C(=O)Nc2cccc(-c3cn4ccnc4c(Nc4ccccc4C(=O)O)n3)c2)cc1. The highest BCUT2D eigenvalue weighted by Gasteiger charge is 2.15. The van der Waals surface area contributed by atoms with Crippen LogP contribution in [0.3, 0.4) is 0 Å². The second-order valence-electron chi connectivity index (χ2n) is 8.94. The maximum Gasteiger partial charge on any atom is 0.337 e. The molecule has 8 nitrogen and oxygen atoms in total. The van der Waals surface area contributed by atoms with Crippen LogP contribution in [0, 0.1) is 0 Å². The maximum absolute atomic E-state index is 12.9. The van der Waals surface area contributed by atoms with E-state index in [4.69, 9.17) is 4.98 Å². The third-order valence-corrected chi connectivity index (χ3v) is 6.24. The van der Waals surface area contributed by atoms with Crippen LogP contribution in [-0.4, -0.2) is 31.4 Å². The largest absolute Gasteiger partial charge is 0.478 e. The number of para-hydroxylation sites is 1. The van der Waals surface area contributed by atoms with Gasteiger partial charge in [-0.2, -0.15) is 0 Å². The number of hydrogen-bond donors (Lipinski definition) is 3. The Hall–Kier alpha value is -4.98. The summed E-state index contributed by atoms with van der Waals surface area (Å²) in [7, 11) is 0. The third-order valence-electron chi connectivity index (χ3n) is 6.24. The summed E-state index contributed by atoms with van der Waals surface area (Å²) in [6.45, 7) is 2.16. The van der Waals surface area contributed by atoms with Gasteiger partial charge in [0.25, 0.3) is 5.91 Å². The number of carbonyl (C=O) groups excluding carboxylic acids is 1. The van der Waals surface area contributed by atoms with Gasteiger partial charge in [0.1, 0.15) is 0 Å². The number of nitrogens with one attached hydrogen (secondary N) is 2. The van der Waals surface area contributed by atoms with E-state index in [1.807, 2.05) is 59.1 Å². The van der Waals surface area contributed by atoms with Crippen LogP contribution in [0.5, 0.6) is 0 Å². The standard InChI is InChI=1S/C30H27N5O3/c1-2-3-7-20-12-14-21(15-13-20)29(36)32-23-9-6-8-22(18-23)26-19-35-17-16-31-28(35)27(34-26)33-25-11-5-4-10-24(25)30(37)38/h4-6,8-19H,2-3,7H2,1H3,(H,32,36)(H,33,34)(H,37,38). The normalized spacial score (nSPS) is 10.9. The fraction of sp³-hybridized carbons (Fsp3) is 0.133. The van der Waals surface area contributed by atoms with Gasteiger partial charge in [0.05, 0.1) is 16.9 Å². The highest BCUT2D eigenvalue weighted by Crippen LogP contribution is 2.27. The highest BCUT2D eigenvalue weighted by molar-refractivity contribution is 6.04. The van der Waals surface area contributed by atoms with E-state index in [0.29, 0.717) is 34.1 Å². The van der Waals surface area contributed by atoms with Crippen molar-refractivity contribution in [2.45, 2.75) is 26.2 Å². The van der Waals surface area contributed by atoms with Gasteiger partial charge in [-0.1, -0.05) is 49.7 Å². The Balaban J connectivity index is 1.41. The summed E-state index contributed by atoms with van der Waals surface area (Å²) in [6, 6.07) is 21.8. The molecule has 0 aliphatic heterocycles. The Morgan fingerprint density at radius 2 is 1.82 bits per heavy atom. The lowest BCUT2D eigenvalue weighted by Gasteiger charge is -2.12. The zero-order valence-electron chi connectivity index (χ0n) is 20.9. The van der Waals surface area contributed by atoms with E-state index in [9.17, 15) is 14.7 Å². The van der Waals surface area contributed by atoms with Crippen molar-refractivity contribution >= 4 is 34.7 Å². The van der Waals surface area contributed by atoms with E-state index < -0.39 is 5.97 Å². The minimum atomic E-state index is -1.04. The first-order chi connectivity index (χ1) is 18.5. The molecule has 3 N–H and O–H groups in total. The van der Waals surface area contributed by atoms with Crippen LogP contribution < -0.4 is 10.6 Å². The molecular formula is C30H27N5O3. The van der Waals surface area contributed by atoms with E-state index in [2.05, 4.69) is 22.5 Å². The van der Waals surface area contributed by atoms with Crippen LogP contribution in [0.2, 0.25) is 0 Å². The molecule has 5 aromatic rings. The molecule has 0 atom stereocenters. The molecule has 0 unspecified atom stereocenters. The first-order valence-corrected chi connectivity index (χ1v) is 12.5. The Bertz CT molecular complexity index is 1610. The number of fused-ring (bicyclic) bond motifs is 1. The lowest BCUT2D eigenvalue weighted by atomic mass is 10.1. The van der Waals surface area contributed by atoms with Crippen molar-refractivity contribution in [3.63, 3.8) is 0 Å². The van der Waals surface area contributed by atoms with E-state index in [1.165, 1.54) is 11.6 Å². The van der Waals surface area contributed by atoms with Crippen LogP contribution >= 0.6 is 0 Å². The smallest absolute Gasteiger partial charge is 0.337 e. The number of aryl methyl sites for hydroxylation is 1. The summed E-state index contributed by atoms with van der Waals surface area (Å²) in [6.07, 6.45) is 8.55. The average molecular weight is 506 g/mol. The molecule has 0 aliphatic rings. The van der Waals surface area contributed by atoms with Gasteiger partial charge in [-0.15, -0.1) is 0 Å². The molecule has 0 spiro atoms. The van der Waals surface area contributed by atoms with Crippen molar-refractivity contribution in [3.05, 3.63) is 108 Å². The lowest BCUT2D eigenvalue weighted by Crippen LogP contribution is -2.12. The Morgan fingerprint density at radius 1 is 1.00 bits per heavy atom. The summed E-state index contributed by atoms with van der Waals surface area (Å²) in [5.41, 5.74) is 4.97. The van der Waals surface area contributed by atoms with E-state index in [-0.39, 0.29) is 11.5 Å². The summed E-state index contributed by atoms with van der Waals surface area (Å²) in [4.78, 5) is 33.7. The van der Waals surface area contributed by atoms with Crippen LogP contribution in [0.1, 0.15) is 46.0 Å². The lowest BCUT2D eigenvalue weighted by molar-refractivity contribution is 0.0697. The van der Waals surface area contributed by atoms with Crippen molar-refractivity contribution in [3.8, 4) is 11.3 Å². The van der Waals surface area contributed by atoms with Crippen molar-refractivity contribution < 1.29 is 14.7 Å². The monoisotopic (exact) mass is 505 g/mol. The number of aromatic carboxylic acids is 1. The zero-order chi connectivity index (χ0) is 26.5. The fourth-order valence-electron chi connectivity index (χ4n) is 4.22. The fourth-order valence-corrected chi connectivity index (χ4v) is 4.22. The van der Waals surface area contributed by atoms with Gasteiger partial charge >= 0.3 is 5.97 Å². The predicted octanol–water partition coefficient (Wildman–Crippen LogP) is 6.43. The topological polar surface area (TPSA) is 109 Å². The molecule has 0 fully saturated rings. The van der Waals surface area contributed by atoms with E-state index in [0.717, 1.165) is 24.8 Å². The maximum atomic E-state index is 12.9. The van der Waals surface area contributed by atoms with Crippen molar-refractivity contribution in [1.29, 1.82) is 0 Å². The molecule has 0 saturated carbocycles. The first-order valence-electron chi connectivity index (χ1n) is 12.5. The second kappa shape index (κ2) is 11.0. The molecule has 0 saturated heterocycles. The van der Waals surface area contributed by atoms with Gasteiger partial charge in [0, 0.05) is 35.4 Å². The zero-order valence-corrected chi connectivity index (χ0v) is 20.9. The number of imidazole rings is 1. The van der Waals surface area contributed by atoms with Gasteiger partial charge in [-0.25, -0.2) is 14.8 Å². The molecule has 5 rings (SSSR count).